The zero-order chi connectivity index (χ0) is 18.0. The molecular formula is C18H23N3O2S2. The van der Waals surface area contributed by atoms with E-state index in [-0.39, 0.29) is 11.5 Å². The van der Waals surface area contributed by atoms with E-state index in [4.69, 9.17) is 0 Å². The topological polar surface area (TPSA) is 55.2 Å². The number of carbonyl (C=O) groups excluding carboxylic acids is 1. The van der Waals surface area contributed by atoms with Crippen molar-refractivity contribution < 1.29 is 4.79 Å². The summed E-state index contributed by atoms with van der Waals surface area (Å²) in [6.45, 7) is 10.1. The lowest BCUT2D eigenvalue weighted by molar-refractivity contribution is -0.130. The van der Waals surface area contributed by atoms with E-state index in [0.717, 1.165) is 17.9 Å². The second kappa shape index (κ2) is 7.74. The number of thiophene rings is 1. The lowest BCUT2D eigenvalue weighted by atomic mass is 9.92. The van der Waals surface area contributed by atoms with Gasteiger partial charge in [0, 0.05) is 19.6 Å². The van der Waals surface area contributed by atoms with Gasteiger partial charge in [0.2, 0.25) is 5.91 Å². The van der Waals surface area contributed by atoms with Gasteiger partial charge < -0.3 is 4.90 Å². The Hall–Kier alpha value is -1.60. The molecule has 0 aromatic carbocycles. The van der Waals surface area contributed by atoms with Gasteiger partial charge in [0.15, 0.2) is 5.16 Å². The number of nitrogens with zero attached hydrogens (tertiary/aromatic N) is 3. The Morgan fingerprint density at radius 2 is 2.16 bits per heavy atom. The quantitative estimate of drug-likeness (QED) is 0.456. The molecule has 134 valence electrons. The fourth-order valence-corrected chi connectivity index (χ4v) is 5.13. The standard InChI is InChI=1S/C18H23N3O2S2/c1-4-6-21-17(23)14-5-7-24-16(14)19-18(21)25-11-15(22)20-9-12(2)8-13(3)10-20/h4-5,7,12-13H,1,6,8-11H2,2-3H3. The Balaban J connectivity index is 1.78. The maximum atomic E-state index is 12.6. The Morgan fingerprint density at radius 3 is 2.84 bits per heavy atom. The third-order valence-electron chi connectivity index (χ3n) is 4.41. The van der Waals surface area contributed by atoms with Crippen LogP contribution >= 0.6 is 23.1 Å². The first kappa shape index (κ1) is 18.2. The lowest BCUT2D eigenvalue weighted by Gasteiger charge is -2.35. The van der Waals surface area contributed by atoms with E-state index in [1.807, 2.05) is 10.3 Å². The maximum Gasteiger partial charge on any atom is 0.263 e. The van der Waals surface area contributed by atoms with Crippen LogP contribution in [0.25, 0.3) is 10.2 Å². The van der Waals surface area contributed by atoms with Gasteiger partial charge in [-0.2, -0.15) is 0 Å². The van der Waals surface area contributed by atoms with Gasteiger partial charge in [-0.15, -0.1) is 17.9 Å². The Labute approximate surface area is 155 Å². The highest BCUT2D eigenvalue weighted by molar-refractivity contribution is 7.99. The molecule has 1 amide bonds. The number of hydrogen-bond acceptors (Lipinski definition) is 5. The van der Waals surface area contributed by atoms with E-state index in [0.29, 0.717) is 34.7 Å². The summed E-state index contributed by atoms with van der Waals surface area (Å²) in [4.78, 5) is 32.5. The molecule has 1 aliphatic rings. The van der Waals surface area contributed by atoms with Gasteiger partial charge in [-0.25, -0.2) is 4.98 Å². The Morgan fingerprint density at radius 1 is 1.44 bits per heavy atom. The molecule has 25 heavy (non-hydrogen) atoms. The number of hydrogen-bond donors (Lipinski definition) is 0. The molecule has 1 saturated heterocycles. The molecule has 0 radical (unpaired) electrons. The van der Waals surface area contributed by atoms with Crippen molar-refractivity contribution in [3.8, 4) is 0 Å². The average Bonchev–Trinajstić information content (AvgIpc) is 3.03. The fraction of sp³-hybridized carbons (Fsp3) is 0.500. The predicted molar refractivity (Wildman–Crippen MR) is 104 cm³/mol. The number of rotatable bonds is 5. The number of piperidine rings is 1. The molecule has 0 N–H and O–H groups in total. The van der Waals surface area contributed by atoms with Crippen LogP contribution in [0.1, 0.15) is 20.3 Å². The van der Waals surface area contributed by atoms with Gasteiger partial charge in [-0.1, -0.05) is 31.7 Å². The number of carbonyl (C=O) groups is 1. The molecule has 1 fully saturated rings. The van der Waals surface area contributed by atoms with Gasteiger partial charge in [0.1, 0.15) is 4.83 Å². The van der Waals surface area contributed by atoms with Crippen molar-refractivity contribution in [3.05, 3.63) is 34.5 Å². The second-order valence-electron chi connectivity index (χ2n) is 6.77. The lowest BCUT2D eigenvalue weighted by Crippen LogP contribution is -2.43. The maximum absolute atomic E-state index is 12.6. The highest BCUT2D eigenvalue weighted by Gasteiger charge is 2.25. The van der Waals surface area contributed by atoms with E-state index in [1.54, 1.807) is 16.7 Å². The third kappa shape index (κ3) is 3.98. The molecule has 0 spiro atoms. The fourth-order valence-electron chi connectivity index (χ4n) is 3.41. The molecule has 3 rings (SSSR count). The molecule has 2 unspecified atom stereocenters. The van der Waals surface area contributed by atoms with Crippen molar-refractivity contribution in [3.63, 3.8) is 0 Å². The Kier molecular flexibility index (Phi) is 5.64. The van der Waals surface area contributed by atoms with Crippen LogP contribution in [0.5, 0.6) is 0 Å². The molecule has 0 aliphatic carbocycles. The Bertz CT molecular complexity index is 832. The second-order valence-corrected chi connectivity index (χ2v) is 8.61. The first-order chi connectivity index (χ1) is 12.0. The average molecular weight is 378 g/mol. The smallest absolute Gasteiger partial charge is 0.263 e. The monoisotopic (exact) mass is 377 g/mol. The summed E-state index contributed by atoms with van der Waals surface area (Å²) in [5.41, 5.74) is -0.0682. The van der Waals surface area contributed by atoms with E-state index in [1.165, 1.54) is 29.5 Å². The van der Waals surface area contributed by atoms with Crippen LogP contribution in [-0.2, 0) is 11.3 Å². The van der Waals surface area contributed by atoms with Crippen LogP contribution in [0, 0.1) is 11.8 Å². The highest BCUT2D eigenvalue weighted by atomic mass is 32.2. The van der Waals surface area contributed by atoms with Crippen molar-refractivity contribution in [2.45, 2.75) is 32.0 Å². The number of fused-ring (bicyclic) bond motifs is 1. The minimum absolute atomic E-state index is 0.0682. The van der Waals surface area contributed by atoms with Crippen LogP contribution in [0.2, 0.25) is 0 Å². The molecule has 1 aliphatic heterocycles. The van der Waals surface area contributed by atoms with Crippen LogP contribution in [-0.4, -0.2) is 39.2 Å². The first-order valence-electron chi connectivity index (χ1n) is 8.49. The van der Waals surface area contributed by atoms with Crippen LogP contribution < -0.4 is 5.56 Å². The number of amides is 1. The number of aromatic nitrogens is 2. The van der Waals surface area contributed by atoms with Crippen molar-refractivity contribution >= 4 is 39.2 Å². The van der Waals surface area contributed by atoms with E-state index in [2.05, 4.69) is 25.4 Å². The summed E-state index contributed by atoms with van der Waals surface area (Å²) in [6.07, 6.45) is 2.85. The van der Waals surface area contributed by atoms with E-state index >= 15 is 0 Å². The molecule has 0 saturated carbocycles. The van der Waals surface area contributed by atoms with Crippen LogP contribution in [0.3, 0.4) is 0 Å². The van der Waals surface area contributed by atoms with Gasteiger partial charge in [0.05, 0.1) is 11.1 Å². The molecule has 2 aromatic rings. The van der Waals surface area contributed by atoms with Gasteiger partial charge in [-0.05, 0) is 29.7 Å². The normalized spacial score (nSPS) is 20.8. The summed E-state index contributed by atoms with van der Waals surface area (Å²) >= 11 is 2.79. The molecular weight excluding hydrogens is 354 g/mol. The first-order valence-corrected chi connectivity index (χ1v) is 10.4. The van der Waals surface area contributed by atoms with Gasteiger partial charge in [-0.3, -0.25) is 14.2 Å². The van der Waals surface area contributed by atoms with Crippen molar-refractivity contribution in [1.29, 1.82) is 0 Å². The van der Waals surface area contributed by atoms with Gasteiger partial charge >= 0.3 is 0 Å². The van der Waals surface area contributed by atoms with Crippen molar-refractivity contribution in [2.24, 2.45) is 11.8 Å². The molecule has 5 nitrogen and oxygen atoms in total. The zero-order valence-electron chi connectivity index (χ0n) is 14.6. The largest absolute Gasteiger partial charge is 0.341 e. The molecule has 0 bridgehead atoms. The SMILES string of the molecule is C=CCn1c(SCC(=O)N2CC(C)CC(C)C2)nc2sccc2c1=O. The zero-order valence-corrected chi connectivity index (χ0v) is 16.2. The predicted octanol–water partition coefficient (Wildman–Crippen LogP) is 3.24. The summed E-state index contributed by atoms with van der Waals surface area (Å²) < 4.78 is 1.60. The van der Waals surface area contributed by atoms with Crippen LogP contribution in [0.4, 0.5) is 0 Å². The van der Waals surface area contributed by atoms with Crippen molar-refractivity contribution in [1.82, 2.24) is 14.5 Å². The molecule has 2 atom stereocenters. The number of allylic oxidation sites excluding steroid dienone is 1. The molecule has 2 aromatic heterocycles. The molecule has 3 heterocycles. The summed E-state index contributed by atoms with van der Waals surface area (Å²) in [5.74, 6) is 1.50. The third-order valence-corrected chi connectivity index (χ3v) is 6.17. The van der Waals surface area contributed by atoms with Crippen LogP contribution in [0.15, 0.2) is 34.1 Å². The summed E-state index contributed by atoms with van der Waals surface area (Å²) in [5, 5.41) is 3.08. The summed E-state index contributed by atoms with van der Waals surface area (Å²) in [6, 6.07) is 1.80. The molecule has 7 heteroatoms. The van der Waals surface area contributed by atoms with Crippen molar-refractivity contribution in [2.75, 3.05) is 18.8 Å². The number of likely N-dealkylation sites (tertiary alicyclic amines) is 1. The minimum Gasteiger partial charge on any atom is -0.341 e. The number of thioether (sulfide) groups is 1. The van der Waals surface area contributed by atoms with Gasteiger partial charge in [0.25, 0.3) is 5.56 Å². The van der Waals surface area contributed by atoms with E-state index < -0.39 is 0 Å². The summed E-state index contributed by atoms with van der Waals surface area (Å²) in [7, 11) is 0. The minimum atomic E-state index is -0.0682. The van der Waals surface area contributed by atoms with E-state index in [9.17, 15) is 9.59 Å². The highest BCUT2D eigenvalue weighted by Crippen LogP contribution is 2.24.